The Morgan fingerprint density at radius 1 is 1.58 bits per heavy atom. The molecule has 0 fully saturated rings. The Morgan fingerprint density at radius 3 is 2.83 bits per heavy atom. The van der Waals surface area contributed by atoms with E-state index in [0.29, 0.717) is 18.5 Å². The number of rotatable bonds is 8. The number of alkyl halides is 1. The third kappa shape index (κ3) is 7.22. The molecule has 0 aromatic heterocycles. The first kappa shape index (κ1) is 12.6. The van der Waals surface area contributed by atoms with Gasteiger partial charge in [0.15, 0.2) is 0 Å². The first-order valence-electron chi connectivity index (χ1n) is 4.21. The molecule has 2 nitrogen and oxygen atoms in total. The zero-order chi connectivity index (χ0) is 9.23. The molecule has 0 aliphatic rings. The van der Waals surface area contributed by atoms with Crippen LogP contribution in [0.25, 0.3) is 0 Å². The number of hydrogen-bond donors (Lipinski definition) is 1. The largest absolute Gasteiger partial charge is 0.383 e. The predicted molar refractivity (Wildman–Crippen MR) is 57.4 cm³/mol. The SMILES string of the molecule is CCSCCNC(CCl)COC. The van der Waals surface area contributed by atoms with Crippen molar-refractivity contribution in [3.8, 4) is 0 Å². The van der Waals surface area contributed by atoms with Crippen LogP contribution >= 0.6 is 23.4 Å². The normalized spacial score (nSPS) is 13.2. The smallest absolute Gasteiger partial charge is 0.0627 e. The number of thioether (sulfide) groups is 1. The molecule has 0 bridgehead atoms. The Balaban J connectivity index is 3.19. The molecule has 74 valence electrons. The fourth-order valence-corrected chi connectivity index (χ4v) is 1.59. The first-order chi connectivity index (χ1) is 5.85. The average molecular weight is 212 g/mol. The monoisotopic (exact) mass is 211 g/mol. The molecule has 0 aromatic carbocycles. The zero-order valence-corrected chi connectivity index (χ0v) is 9.38. The lowest BCUT2D eigenvalue weighted by molar-refractivity contribution is 0.174. The van der Waals surface area contributed by atoms with Crippen LogP contribution in [0.2, 0.25) is 0 Å². The Labute approximate surface area is 84.4 Å². The van der Waals surface area contributed by atoms with Crippen LogP contribution in [0.5, 0.6) is 0 Å². The molecule has 0 radical (unpaired) electrons. The molecule has 0 aromatic rings. The second kappa shape index (κ2) is 9.65. The highest BCUT2D eigenvalue weighted by Crippen LogP contribution is 1.96. The minimum Gasteiger partial charge on any atom is -0.383 e. The quantitative estimate of drug-likeness (QED) is 0.487. The summed E-state index contributed by atoms with van der Waals surface area (Å²) in [6, 6.07) is 0.300. The van der Waals surface area contributed by atoms with E-state index in [0.717, 1.165) is 12.3 Å². The minimum atomic E-state index is 0.300. The van der Waals surface area contributed by atoms with Crippen LogP contribution in [0, 0.1) is 0 Å². The maximum Gasteiger partial charge on any atom is 0.0627 e. The lowest BCUT2D eigenvalue weighted by atomic mass is 10.3. The van der Waals surface area contributed by atoms with Gasteiger partial charge >= 0.3 is 0 Å². The highest BCUT2D eigenvalue weighted by Gasteiger charge is 2.04. The summed E-state index contributed by atoms with van der Waals surface area (Å²) < 4.78 is 5.00. The molecular weight excluding hydrogens is 194 g/mol. The van der Waals surface area contributed by atoms with E-state index in [1.54, 1.807) is 7.11 Å². The lowest BCUT2D eigenvalue weighted by Crippen LogP contribution is -2.36. The third-order valence-corrected chi connectivity index (χ3v) is 2.71. The third-order valence-electron chi connectivity index (χ3n) is 1.44. The fourth-order valence-electron chi connectivity index (χ4n) is 0.839. The molecule has 0 aliphatic heterocycles. The molecule has 0 spiro atoms. The molecule has 12 heavy (non-hydrogen) atoms. The van der Waals surface area contributed by atoms with Crippen LogP contribution in [-0.2, 0) is 4.74 Å². The summed E-state index contributed by atoms with van der Waals surface area (Å²) in [5.41, 5.74) is 0. The van der Waals surface area contributed by atoms with Gasteiger partial charge in [-0.3, -0.25) is 0 Å². The maximum absolute atomic E-state index is 5.71. The van der Waals surface area contributed by atoms with Crippen molar-refractivity contribution < 1.29 is 4.74 Å². The van der Waals surface area contributed by atoms with E-state index in [9.17, 15) is 0 Å². The van der Waals surface area contributed by atoms with Crippen LogP contribution in [0.4, 0.5) is 0 Å². The molecule has 0 rings (SSSR count). The van der Waals surface area contributed by atoms with Gasteiger partial charge in [-0.15, -0.1) is 11.6 Å². The predicted octanol–water partition coefficient (Wildman–Crippen LogP) is 1.58. The van der Waals surface area contributed by atoms with E-state index in [4.69, 9.17) is 16.3 Å². The fraction of sp³-hybridized carbons (Fsp3) is 1.00. The number of methoxy groups -OCH3 is 1. The van der Waals surface area contributed by atoms with Crippen LogP contribution in [0.15, 0.2) is 0 Å². The van der Waals surface area contributed by atoms with Gasteiger partial charge in [0, 0.05) is 31.3 Å². The summed E-state index contributed by atoms with van der Waals surface area (Å²) in [4.78, 5) is 0. The van der Waals surface area contributed by atoms with Gasteiger partial charge in [0.05, 0.1) is 6.61 Å². The number of ether oxygens (including phenoxy) is 1. The Morgan fingerprint density at radius 2 is 2.33 bits per heavy atom. The first-order valence-corrected chi connectivity index (χ1v) is 5.90. The topological polar surface area (TPSA) is 21.3 Å². The molecule has 0 heterocycles. The summed E-state index contributed by atoms with van der Waals surface area (Å²) in [5, 5.41) is 3.33. The van der Waals surface area contributed by atoms with E-state index in [-0.39, 0.29) is 0 Å². The summed E-state index contributed by atoms with van der Waals surface area (Å²) in [6.07, 6.45) is 0. The van der Waals surface area contributed by atoms with Crippen molar-refractivity contribution in [2.24, 2.45) is 0 Å². The van der Waals surface area contributed by atoms with Crippen molar-refractivity contribution in [1.29, 1.82) is 0 Å². The van der Waals surface area contributed by atoms with Gasteiger partial charge in [0.2, 0.25) is 0 Å². The summed E-state index contributed by atoms with van der Waals surface area (Å²) in [6.45, 7) is 3.87. The van der Waals surface area contributed by atoms with Gasteiger partial charge < -0.3 is 10.1 Å². The Bertz CT molecular complexity index is 95.1. The summed E-state index contributed by atoms with van der Waals surface area (Å²) in [7, 11) is 1.70. The second-order valence-corrected chi connectivity index (χ2v) is 4.16. The van der Waals surface area contributed by atoms with Crippen molar-refractivity contribution in [1.82, 2.24) is 5.32 Å². The molecule has 1 atom stereocenters. The molecule has 4 heteroatoms. The van der Waals surface area contributed by atoms with Crippen LogP contribution in [-0.4, -0.2) is 43.7 Å². The average Bonchev–Trinajstić information content (AvgIpc) is 2.10. The highest BCUT2D eigenvalue weighted by atomic mass is 35.5. The van der Waals surface area contributed by atoms with Crippen LogP contribution in [0.1, 0.15) is 6.92 Å². The van der Waals surface area contributed by atoms with Crippen LogP contribution < -0.4 is 5.32 Å². The van der Waals surface area contributed by atoms with Gasteiger partial charge in [0.1, 0.15) is 0 Å². The maximum atomic E-state index is 5.71. The van der Waals surface area contributed by atoms with E-state index >= 15 is 0 Å². The molecule has 0 saturated heterocycles. The second-order valence-electron chi connectivity index (χ2n) is 2.46. The standard InChI is InChI=1S/C8H18ClNOS/c1-3-12-5-4-10-8(6-9)7-11-2/h8,10H,3-7H2,1-2H3. The van der Waals surface area contributed by atoms with Gasteiger partial charge in [0.25, 0.3) is 0 Å². The Hall–Kier alpha value is 0.560. The zero-order valence-electron chi connectivity index (χ0n) is 7.81. The van der Waals surface area contributed by atoms with Crippen molar-refractivity contribution >= 4 is 23.4 Å². The Kier molecular flexibility index (Phi) is 10.1. The lowest BCUT2D eigenvalue weighted by Gasteiger charge is -2.14. The molecule has 0 saturated carbocycles. The van der Waals surface area contributed by atoms with E-state index in [1.165, 1.54) is 5.75 Å². The van der Waals surface area contributed by atoms with Gasteiger partial charge in [-0.25, -0.2) is 0 Å². The van der Waals surface area contributed by atoms with Crippen LogP contribution in [0.3, 0.4) is 0 Å². The van der Waals surface area contributed by atoms with Crippen molar-refractivity contribution in [3.63, 3.8) is 0 Å². The van der Waals surface area contributed by atoms with E-state index in [2.05, 4.69) is 12.2 Å². The van der Waals surface area contributed by atoms with Crippen molar-refractivity contribution in [2.75, 3.05) is 37.6 Å². The molecule has 1 N–H and O–H groups in total. The number of halogens is 1. The number of hydrogen-bond acceptors (Lipinski definition) is 3. The number of nitrogens with one attached hydrogen (secondary N) is 1. The van der Waals surface area contributed by atoms with Crippen molar-refractivity contribution in [2.45, 2.75) is 13.0 Å². The molecule has 0 aliphatic carbocycles. The molecule has 1 unspecified atom stereocenters. The molecular formula is C8H18ClNOS. The van der Waals surface area contributed by atoms with Crippen molar-refractivity contribution in [3.05, 3.63) is 0 Å². The van der Waals surface area contributed by atoms with Gasteiger partial charge in [-0.05, 0) is 5.75 Å². The highest BCUT2D eigenvalue weighted by molar-refractivity contribution is 7.99. The van der Waals surface area contributed by atoms with Gasteiger partial charge in [-0.2, -0.15) is 11.8 Å². The minimum absolute atomic E-state index is 0.300. The van der Waals surface area contributed by atoms with E-state index < -0.39 is 0 Å². The molecule has 0 amide bonds. The summed E-state index contributed by atoms with van der Waals surface area (Å²) in [5.74, 6) is 2.94. The summed E-state index contributed by atoms with van der Waals surface area (Å²) >= 11 is 7.64. The van der Waals surface area contributed by atoms with Gasteiger partial charge in [-0.1, -0.05) is 6.92 Å². The van der Waals surface area contributed by atoms with E-state index in [1.807, 2.05) is 11.8 Å².